The first-order chi connectivity index (χ1) is 9.63. The van der Waals surface area contributed by atoms with Crippen molar-refractivity contribution in [2.45, 2.75) is 13.8 Å². The fraction of sp³-hybridized carbons (Fsp3) is 0.333. The van der Waals surface area contributed by atoms with Crippen LogP contribution in [-0.2, 0) is 4.74 Å². The number of benzene rings is 1. The van der Waals surface area contributed by atoms with Gasteiger partial charge >= 0.3 is 0 Å². The lowest BCUT2D eigenvalue weighted by Crippen LogP contribution is -2.06. The van der Waals surface area contributed by atoms with Crippen LogP contribution in [0.1, 0.15) is 11.4 Å². The van der Waals surface area contributed by atoms with E-state index >= 15 is 0 Å². The molecule has 20 heavy (non-hydrogen) atoms. The van der Waals surface area contributed by atoms with E-state index < -0.39 is 0 Å². The van der Waals surface area contributed by atoms with Crippen molar-refractivity contribution in [1.29, 1.82) is 0 Å². The van der Waals surface area contributed by atoms with Gasteiger partial charge in [0, 0.05) is 18.2 Å². The second-order valence-corrected chi connectivity index (χ2v) is 4.73. The lowest BCUT2D eigenvalue weighted by molar-refractivity contribution is 0.146. The van der Waals surface area contributed by atoms with Gasteiger partial charge in [0.05, 0.1) is 12.3 Å². The van der Waals surface area contributed by atoms with Crippen molar-refractivity contribution in [2.24, 2.45) is 0 Å². The van der Waals surface area contributed by atoms with Crippen LogP contribution in [0.4, 0.5) is 0 Å². The Morgan fingerprint density at radius 3 is 2.60 bits per heavy atom. The third-order valence-electron chi connectivity index (χ3n) is 2.89. The molecule has 1 heterocycles. The summed E-state index contributed by atoms with van der Waals surface area (Å²) >= 11 is 6.14. The topological polar surface area (TPSA) is 44.2 Å². The fourth-order valence-corrected chi connectivity index (χ4v) is 2.09. The Balaban J connectivity index is 2.42. The molecule has 106 valence electrons. The number of ether oxygens (including phenoxy) is 2. The molecule has 2 rings (SSSR count). The van der Waals surface area contributed by atoms with E-state index in [0.717, 1.165) is 22.6 Å². The number of hydrogen-bond acceptors (Lipinski definition) is 4. The molecule has 0 amide bonds. The van der Waals surface area contributed by atoms with Gasteiger partial charge in [-0.15, -0.1) is 0 Å². The van der Waals surface area contributed by atoms with Crippen LogP contribution in [-0.4, -0.2) is 30.3 Å². The van der Waals surface area contributed by atoms with Crippen molar-refractivity contribution in [1.82, 2.24) is 9.97 Å². The minimum absolute atomic E-state index is 0.471. The predicted octanol–water partition coefficient (Wildman–Crippen LogP) is 3.44. The van der Waals surface area contributed by atoms with Crippen LogP contribution in [0.25, 0.3) is 11.3 Å². The molecule has 0 bridgehead atoms. The number of halogens is 1. The van der Waals surface area contributed by atoms with Gasteiger partial charge in [-0.1, -0.05) is 23.7 Å². The Morgan fingerprint density at radius 1 is 1.10 bits per heavy atom. The van der Waals surface area contributed by atoms with Crippen LogP contribution in [0.5, 0.6) is 5.75 Å². The molecule has 0 saturated heterocycles. The third kappa shape index (κ3) is 3.26. The van der Waals surface area contributed by atoms with Gasteiger partial charge in [0.25, 0.3) is 0 Å². The summed E-state index contributed by atoms with van der Waals surface area (Å²) in [7, 11) is 1.65. The Morgan fingerprint density at radius 2 is 1.85 bits per heavy atom. The second kappa shape index (κ2) is 6.68. The van der Waals surface area contributed by atoms with Crippen molar-refractivity contribution in [3.63, 3.8) is 0 Å². The summed E-state index contributed by atoms with van der Waals surface area (Å²) in [6.07, 6.45) is 0. The Kier molecular flexibility index (Phi) is 4.93. The largest absolute Gasteiger partial charge is 0.490 e. The van der Waals surface area contributed by atoms with Crippen molar-refractivity contribution in [3.8, 4) is 17.0 Å². The normalized spacial score (nSPS) is 10.6. The maximum absolute atomic E-state index is 6.14. The highest BCUT2D eigenvalue weighted by atomic mass is 35.5. The van der Waals surface area contributed by atoms with Crippen LogP contribution in [0.2, 0.25) is 5.15 Å². The molecule has 0 saturated carbocycles. The molecule has 0 atom stereocenters. The minimum Gasteiger partial charge on any atom is -0.490 e. The molecule has 0 N–H and O–H groups in total. The smallest absolute Gasteiger partial charge is 0.136 e. The van der Waals surface area contributed by atoms with Crippen molar-refractivity contribution < 1.29 is 9.47 Å². The molecule has 0 unspecified atom stereocenters. The van der Waals surface area contributed by atoms with Crippen LogP contribution in [0.3, 0.4) is 0 Å². The highest BCUT2D eigenvalue weighted by Gasteiger charge is 2.13. The van der Waals surface area contributed by atoms with Crippen LogP contribution >= 0.6 is 11.6 Å². The summed E-state index contributed by atoms with van der Waals surface area (Å²) in [6, 6.07) is 7.75. The van der Waals surface area contributed by atoms with Gasteiger partial charge < -0.3 is 9.47 Å². The number of nitrogens with zero attached hydrogens (tertiary/aromatic N) is 2. The zero-order valence-corrected chi connectivity index (χ0v) is 12.6. The van der Waals surface area contributed by atoms with Gasteiger partial charge in [0.2, 0.25) is 0 Å². The van der Waals surface area contributed by atoms with E-state index in [0.29, 0.717) is 24.2 Å². The summed E-state index contributed by atoms with van der Waals surface area (Å²) in [5, 5.41) is 0.471. The maximum atomic E-state index is 6.14. The van der Waals surface area contributed by atoms with Crippen molar-refractivity contribution >= 4 is 11.6 Å². The molecule has 0 fully saturated rings. The van der Waals surface area contributed by atoms with Gasteiger partial charge in [0.1, 0.15) is 23.3 Å². The summed E-state index contributed by atoms with van der Waals surface area (Å²) in [6.45, 7) is 4.76. The summed E-state index contributed by atoms with van der Waals surface area (Å²) < 4.78 is 10.7. The number of rotatable bonds is 5. The van der Waals surface area contributed by atoms with E-state index in [4.69, 9.17) is 21.1 Å². The Bertz CT molecular complexity index is 602. The monoisotopic (exact) mass is 292 g/mol. The SMILES string of the molecule is COCCOc1ccccc1-c1nc(C)nc(Cl)c1C. The molecular weight excluding hydrogens is 276 g/mol. The molecule has 5 heteroatoms. The molecule has 1 aromatic carbocycles. The first-order valence-electron chi connectivity index (χ1n) is 6.35. The van der Waals surface area contributed by atoms with Crippen molar-refractivity contribution in [2.75, 3.05) is 20.3 Å². The quantitative estimate of drug-likeness (QED) is 0.625. The number of para-hydroxylation sites is 1. The van der Waals surface area contributed by atoms with Gasteiger partial charge in [-0.05, 0) is 26.0 Å². The van der Waals surface area contributed by atoms with Gasteiger partial charge in [0.15, 0.2) is 0 Å². The summed E-state index contributed by atoms with van der Waals surface area (Å²) in [4.78, 5) is 8.64. The van der Waals surface area contributed by atoms with Crippen LogP contribution < -0.4 is 4.74 Å². The summed E-state index contributed by atoms with van der Waals surface area (Å²) in [5.41, 5.74) is 2.56. The number of methoxy groups -OCH3 is 1. The van der Waals surface area contributed by atoms with E-state index in [-0.39, 0.29) is 0 Å². The number of aromatic nitrogens is 2. The average molecular weight is 293 g/mol. The fourth-order valence-electron chi connectivity index (χ4n) is 1.88. The molecule has 0 aliphatic heterocycles. The molecule has 2 aromatic rings. The van der Waals surface area contributed by atoms with E-state index in [1.165, 1.54) is 0 Å². The highest BCUT2D eigenvalue weighted by Crippen LogP contribution is 2.32. The van der Waals surface area contributed by atoms with Crippen LogP contribution in [0, 0.1) is 13.8 Å². The van der Waals surface area contributed by atoms with Gasteiger partial charge in [-0.3, -0.25) is 0 Å². The lowest BCUT2D eigenvalue weighted by atomic mass is 10.1. The average Bonchev–Trinajstić information content (AvgIpc) is 2.44. The standard InChI is InChI=1S/C15H17ClN2O2/c1-10-14(17-11(2)18-15(10)16)12-6-4-5-7-13(12)20-9-8-19-3/h4-7H,8-9H2,1-3H3. The van der Waals surface area contributed by atoms with Gasteiger partial charge in [-0.25, -0.2) is 9.97 Å². The zero-order valence-electron chi connectivity index (χ0n) is 11.8. The molecular formula is C15H17ClN2O2. The van der Waals surface area contributed by atoms with Gasteiger partial charge in [-0.2, -0.15) is 0 Å². The maximum Gasteiger partial charge on any atom is 0.136 e. The summed E-state index contributed by atoms with van der Waals surface area (Å²) in [5.74, 6) is 1.41. The Hall–Kier alpha value is -1.65. The lowest BCUT2D eigenvalue weighted by Gasteiger charge is -2.13. The van der Waals surface area contributed by atoms with E-state index in [1.54, 1.807) is 7.11 Å². The second-order valence-electron chi connectivity index (χ2n) is 4.37. The predicted molar refractivity (Wildman–Crippen MR) is 79.3 cm³/mol. The molecule has 4 nitrogen and oxygen atoms in total. The Labute approximate surface area is 123 Å². The number of hydrogen-bond donors (Lipinski definition) is 0. The highest BCUT2D eigenvalue weighted by molar-refractivity contribution is 6.30. The minimum atomic E-state index is 0.471. The van der Waals surface area contributed by atoms with E-state index in [2.05, 4.69) is 9.97 Å². The van der Waals surface area contributed by atoms with E-state index in [1.807, 2.05) is 38.1 Å². The molecule has 1 aromatic heterocycles. The number of aryl methyl sites for hydroxylation is 1. The van der Waals surface area contributed by atoms with Crippen molar-refractivity contribution in [3.05, 3.63) is 40.8 Å². The third-order valence-corrected chi connectivity index (χ3v) is 3.25. The first kappa shape index (κ1) is 14.8. The first-order valence-corrected chi connectivity index (χ1v) is 6.73. The molecule has 0 radical (unpaired) electrons. The molecule has 0 spiro atoms. The van der Waals surface area contributed by atoms with E-state index in [9.17, 15) is 0 Å². The van der Waals surface area contributed by atoms with Crippen LogP contribution in [0.15, 0.2) is 24.3 Å². The molecule has 0 aliphatic carbocycles. The zero-order chi connectivity index (χ0) is 14.5. The molecule has 0 aliphatic rings.